The van der Waals surface area contributed by atoms with E-state index in [1.54, 1.807) is 0 Å². The maximum atomic E-state index is 11.8. The first-order chi connectivity index (χ1) is 11.5. The Bertz CT molecular complexity index is 427. The van der Waals surface area contributed by atoms with Crippen LogP contribution in [0.4, 0.5) is 0 Å². The van der Waals surface area contributed by atoms with Crippen LogP contribution in [0.5, 0.6) is 0 Å². The average molecular weight is 339 g/mol. The van der Waals surface area contributed by atoms with Gasteiger partial charge in [0.25, 0.3) is 0 Å². The van der Waals surface area contributed by atoms with E-state index in [2.05, 4.69) is 0 Å². The summed E-state index contributed by atoms with van der Waals surface area (Å²) in [6.45, 7) is 5.14. The molecule has 2 aliphatic rings. The molecule has 0 aliphatic heterocycles. The molecule has 2 aliphatic carbocycles. The van der Waals surface area contributed by atoms with Gasteiger partial charge >= 0.3 is 0 Å². The largest absolute Gasteiger partial charge is 0.383 e. The topological polar surface area (TPSA) is 55.8 Å². The molecule has 138 valence electrons. The fraction of sp³-hybridized carbons (Fsp3) is 0.789. The van der Waals surface area contributed by atoms with E-state index in [4.69, 9.17) is 9.47 Å². The Morgan fingerprint density at radius 1 is 0.958 bits per heavy atom. The van der Waals surface area contributed by atoms with Crippen molar-refractivity contribution < 1.29 is 19.1 Å². The van der Waals surface area contributed by atoms with E-state index >= 15 is 0 Å². The van der Waals surface area contributed by atoms with Gasteiger partial charge in [0.05, 0.1) is 0 Å². The summed E-state index contributed by atoms with van der Waals surface area (Å²) in [4.78, 5) is 24.8. The van der Waals surface area contributed by atoms with Gasteiger partial charge in [-0.2, -0.15) is 0 Å². The zero-order chi connectivity index (χ0) is 17.9. The van der Waals surface area contributed by atoms with Crippen molar-refractivity contribution in [1.82, 2.24) is 4.90 Å². The monoisotopic (exact) mass is 339 g/mol. The van der Waals surface area contributed by atoms with Crippen LogP contribution in [0.25, 0.3) is 0 Å². The Labute approximate surface area is 146 Å². The van der Waals surface area contributed by atoms with Gasteiger partial charge in [-0.1, -0.05) is 0 Å². The molecule has 2 unspecified atom stereocenters. The highest BCUT2D eigenvalue weighted by Crippen LogP contribution is 2.22. The summed E-state index contributed by atoms with van der Waals surface area (Å²) in [6, 6.07) is 0. The molecule has 0 bridgehead atoms. The molecule has 0 aromatic heterocycles. The van der Waals surface area contributed by atoms with Crippen LogP contribution in [0.3, 0.4) is 0 Å². The molecule has 0 aromatic rings. The lowest BCUT2D eigenvalue weighted by atomic mass is 9.91. The molecule has 0 N–H and O–H groups in total. The minimum atomic E-state index is -0.194. The van der Waals surface area contributed by atoms with Crippen LogP contribution in [0.2, 0.25) is 0 Å². The molecule has 2 fully saturated rings. The van der Waals surface area contributed by atoms with E-state index in [9.17, 15) is 9.59 Å². The summed E-state index contributed by atoms with van der Waals surface area (Å²) >= 11 is 0. The fourth-order valence-electron chi connectivity index (χ4n) is 3.07. The van der Waals surface area contributed by atoms with Crippen LogP contribution in [-0.4, -0.2) is 56.0 Å². The molecule has 2 rings (SSSR count). The second kappa shape index (κ2) is 11.4. The Morgan fingerprint density at radius 3 is 2.17 bits per heavy atom. The quantitative estimate of drug-likeness (QED) is 0.720. The van der Waals surface area contributed by atoms with E-state index in [1.165, 1.54) is 0 Å². The number of carbonyl (C=O) groups is 2. The normalized spacial score (nSPS) is 26.1. The van der Waals surface area contributed by atoms with Gasteiger partial charge in [-0.15, -0.1) is 0 Å². The lowest BCUT2D eigenvalue weighted by Gasteiger charge is -2.23. The molecule has 2 saturated carbocycles. The maximum Gasteiger partial charge on any atom is 0.188 e. The van der Waals surface area contributed by atoms with E-state index < -0.39 is 0 Å². The van der Waals surface area contributed by atoms with Gasteiger partial charge < -0.3 is 14.4 Å². The molecule has 0 spiro atoms. The summed E-state index contributed by atoms with van der Waals surface area (Å²) in [6.07, 6.45) is 8.33. The van der Waals surface area contributed by atoms with E-state index in [-0.39, 0.29) is 18.0 Å². The number of hydrogen-bond donors (Lipinski definition) is 0. The molecule has 2 atom stereocenters. The van der Waals surface area contributed by atoms with Crippen molar-refractivity contribution >= 4 is 11.6 Å². The summed E-state index contributed by atoms with van der Waals surface area (Å²) < 4.78 is 10.6. The molecular formula is C19H33NO4. The summed E-state index contributed by atoms with van der Waals surface area (Å²) in [7, 11) is 3.87. The third-order valence-corrected chi connectivity index (χ3v) is 4.17. The first-order valence-electron chi connectivity index (χ1n) is 9.16. The third-order valence-electron chi connectivity index (χ3n) is 4.17. The highest BCUT2D eigenvalue weighted by Gasteiger charge is 2.26. The summed E-state index contributed by atoms with van der Waals surface area (Å²) in [5.41, 5.74) is 0.903. The lowest BCUT2D eigenvalue weighted by Crippen LogP contribution is -2.30. The van der Waals surface area contributed by atoms with Crippen molar-refractivity contribution in [2.45, 2.75) is 71.0 Å². The number of ether oxygens (including phenoxy) is 2. The zero-order valence-electron chi connectivity index (χ0n) is 15.7. The predicted molar refractivity (Wildman–Crippen MR) is 94.9 cm³/mol. The van der Waals surface area contributed by atoms with Crippen LogP contribution >= 0.6 is 0 Å². The van der Waals surface area contributed by atoms with Gasteiger partial charge in [-0.05, 0) is 52.4 Å². The number of ketones is 2. The van der Waals surface area contributed by atoms with Crippen LogP contribution < -0.4 is 0 Å². The summed E-state index contributed by atoms with van der Waals surface area (Å²) in [5, 5.41) is 0. The lowest BCUT2D eigenvalue weighted by molar-refractivity contribution is -0.132. The van der Waals surface area contributed by atoms with E-state index in [0.29, 0.717) is 19.0 Å². The molecule has 5 heteroatoms. The molecular weight excluding hydrogens is 306 g/mol. The maximum absolute atomic E-state index is 11.8. The Kier molecular flexibility index (Phi) is 9.88. The zero-order valence-corrected chi connectivity index (χ0v) is 15.7. The smallest absolute Gasteiger partial charge is 0.188 e. The van der Waals surface area contributed by atoms with Gasteiger partial charge in [0.1, 0.15) is 12.2 Å². The van der Waals surface area contributed by atoms with E-state index in [0.717, 1.165) is 50.5 Å². The Balaban J connectivity index is 0.000000254. The van der Waals surface area contributed by atoms with Gasteiger partial charge in [0.2, 0.25) is 0 Å². The highest BCUT2D eigenvalue weighted by atomic mass is 16.5. The van der Waals surface area contributed by atoms with Crippen molar-refractivity contribution in [2.24, 2.45) is 0 Å². The number of Topliss-reactive ketones (excluding diaryl/α,β-unsaturated/α-hetero) is 2. The minimum absolute atomic E-state index is 0.0706. The molecule has 0 heterocycles. The first kappa shape index (κ1) is 20.8. The van der Waals surface area contributed by atoms with Crippen molar-refractivity contribution in [3.63, 3.8) is 0 Å². The van der Waals surface area contributed by atoms with Crippen molar-refractivity contribution in [2.75, 3.05) is 27.3 Å². The molecule has 24 heavy (non-hydrogen) atoms. The highest BCUT2D eigenvalue weighted by molar-refractivity contribution is 5.99. The predicted octanol–water partition coefficient (Wildman–Crippen LogP) is 3.12. The van der Waals surface area contributed by atoms with Crippen LogP contribution in [-0.2, 0) is 19.1 Å². The summed E-state index contributed by atoms with van der Waals surface area (Å²) in [5.74, 6) is 0.472. The van der Waals surface area contributed by atoms with Gasteiger partial charge in [0, 0.05) is 45.5 Å². The number of hydrogen-bond acceptors (Lipinski definition) is 5. The minimum Gasteiger partial charge on any atom is -0.383 e. The Morgan fingerprint density at radius 2 is 1.58 bits per heavy atom. The molecule has 0 amide bonds. The van der Waals surface area contributed by atoms with E-state index in [1.807, 2.05) is 39.0 Å². The third kappa shape index (κ3) is 7.14. The standard InChI is InChI=1S/C11H19NO2.C8H14O2/c1-4-14-10-7-5-6-9(11(10)13)8-12(2)3;1-2-10-8-6-4-3-5-7(8)9/h8,10H,4-7H2,1-3H3;8H,2-6H2,1H3. The van der Waals surface area contributed by atoms with Gasteiger partial charge in [-0.3, -0.25) is 9.59 Å². The molecule has 0 saturated heterocycles. The van der Waals surface area contributed by atoms with Gasteiger partial charge in [-0.25, -0.2) is 0 Å². The Hall–Kier alpha value is -1.20. The molecule has 0 aromatic carbocycles. The number of carbonyl (C=O) groups excluding carboxylic acids is 2. The van der Waals surface area contributed by atoms with Crippen LogP contribution in [0, 0.1) is 0 Å². The van der Waals surface area contributed by atoms with Crippen LogP contribution in [0.15, 0.2) is 11.8 Å². The first-order valence-corrected chi connectivity index (χ1v) is 9.16. The second-order valence-corrected chi connectivity index (χ2v) is 6.47. The fourth-order valence-corrected chi connectivity index (χ4v) is 3.07. The second-order valence-electron chi connectivity index (χ2n) is 6.47. The van der Waals surface area contributed by atoms with Crippen molar-refractivity contribution in [3.05, 3.63) is 11.8 Å². The number of rotatable bonds is 5. The number of nitrogens with zero attached hydrogens (tertiary/aromatic N) is 1. The van der Waals surface area contributed by atoms with Crippen molar-refractivity contribution in [1.29, 1.82) is 0 Å². The van der Waals surface area contributed by atoms with Crippen molar-refractivity contribution in [3.8, 4) is 0 Å². The SMILES string of the molecule is CCOC1CCCC(=CN(C)C)C1=O.CCOC1CCCCC1=O. The average Bonchev–Trinajstić information content (AvgIpc) is 2.54. The van der Waals surface area contributed by atoms with Gasteiger partial charge in [0.15, 0.2) is 11.6 Å². The molecule has 0 radical (unpaired) electrons. The van der Waals surface area contributed by atoms with Crippen LogP contribution in [0.1, 0.15) is 58.8 Å². The molecule has 5 nitrogen and oxygen atoms in total.